The monoisotopic (exact) mass is 488 g/mol. The Bertz CT molecular complexity index is 1410. The summed E-state index contributed by atoms with van der Waals surface area (Å²) < 4.78 is 35.8. The Morgan fingerprint density at radius 1 is 1.06 bits per heavy atom. The normalized spacial score (nSPS) is 11.7. The summed E-state index contributed by atoms with van der Waals surface area (Å²) in [7, 11) is -3.74. The van der Waals surface area contributed by atoms with E-state index in [1.165, 1.54) is 12.1 Å². The fraction of sp³-hybridized carbons (Fsp3) is 0.174. The lowest BCUT2D eigenvalue weighted by Crippen LogP contribution is -2.28. The van der Waals surface area contributed by atoms with Crippen LogP contribution < -0.4 is 14.3 Å². The van der Waals surface area contributed by atoms with E-state index >= 15 is 0 Å². The van der Waals surface area contributed by atoms with Gasteiger partial charge in [0, 0.05) is 11.6 Å². The summed E-state index contributed by atoms with van der Waals surface area (Å²) in [6.45, 7) is 2.58. The van der Waals surface area contributed by atoms with Crippen LogP contribution in [0.4, 0.5) is 0 Å². The maximum absolute atomic E-state index is 12.7. The summed E-state index contributed by atoms with van der Waals surface area (Å²) in [5.74, 6) is 0.575. The molecule has 0 amide bonds. The molecular formula is C23H21ClN2O4S2. The number of ether oxygens (including phenoxy) is 1. The molecule has 0 aliphatic heterocycles. The van der Waals surface area contributed by atoms with Gasteiger partial charge in [-0.15, -0.1) is 0 Å². The van der Waals surface area contributed by atoms with Crippen LogP contribution in [0.15, 0.2) is 76.4 Å². The largest absolute Gasteiger partial charge is 0.492 e. The van der Waals surface area contributed by atoms with E-state index in [1.54, 1.807) is 22.8 Å². The summed E-state index contributed by atoms with van der Waals surface area (Å²) in [4.78, 5) is 12.5. The van der Waals surface area contributed by atoms with Gasteiger partial charge in [-0.3, -0.25) is 9.36 Å². The summed E-state index contributed by atoms with van der Waals surface area (Å²) in [6, 6.07) is 19.7. The molecule has 166 valence electrons. The predicted octanol–water partition coefficient (Wildman–Crippen LogP) is 4.43. The molecule has 32 heavy (non-hydrogen) atoms. The second-order valence-electron chi connectivity index (χ2n) is 7.23. The smallest absolute Gasteiger partial charge is 0.308 e. The van der Waals surface area contributed by atoms with Crippen molar-refractivity contribution >= 4 is 43.2 Å². The Hall–Kier alpha value is -2.65. The fourth-order valence-electron chi connectivity index (χ4n) is 3.22. The van der Waals surface area contributed by atoms with Crippen molar-refractivity contribution in [1.29, 1.82) is 0 Å². The van der Waals surface area contributed by atoms with E-state index < -0.39 is 10.0 Å². The highest BCUT2D eigenvalue weighted by Gasteiger charge is 2.17. The number of aromatic nitrogens is 1. The molecule has 0 aliphatic carbocycles. The summed E-state index contributed by atoms with van der Waals surface area (Å²) >= 11 is 7.10. The topological polar surface area (TPSA) is 77.4 Å². The zero-order valence-electron chi connectivity index (χ0n) is 17.2. The number of thiazole rings is 1. The number of nitrogens with zero attached hydrogens (tertiary/aromatic N) is 1. The van der Waals surface area contributed by atoms with Gasteiger partial charge in [0.15, 0.2) is 0 Å². The Kier molecular flexibility index (Phi) is 6.66. The molecule has 0 unspecified atom stereocenters. The first-order valence-electron chi connectivity index (χ1n) is 9.89. The number of fused-ring (bicyclic) bond motifs is 1. The van der Waals surface area contributed by atoms with Crippen LogP contribution in [0.3, 0.4) is 0 Å². The van der Waals surface area contributed by atoms with Crippen LogP contribution in [-0.2, 0) is 16.6 Å². The van der Waals surface area contributed by atoms with Crippen molar-refractivity contribution < 1.29 is 13.2 Å². The third-order valence-electron chi connectivity index (χ3n) is 4.94. The van der Waals surface area contributed by atoms with Crippen molar-refractivity contribution in [3.05, 3.63) is 92.5 Å². The minimum atomic E-state index is -3.74. The molecule has 1 N–H and O–H groups in total. The SMILES string of the molecule is Cc1ccc(OCCNS(=O)(=O)c2ccc3c(c2)sc(=O)n3Cc2ccccc2)cc1Cl. The van der Waals surface area contributed by atoms with Crippen molar-refractivity contribution in [2.45, 2.75) is 18.4 Å². The van der Waals surface area contributed by atoms with Crippen molar-refractivity contribution in [1.82, 2.24) is 9.29 Å². The van der Waals surface area contributed by atoms with Crippen LogP contribution >= 0.6 is 22.9 Å². The van der Waals surface area contributed by atoms with Gasteiger partial charge in [0.1, 0.15) is 12.4 Å². The quantitative estimate of drug-likeness (QED) is 0.372. The second kappa shape index (κ2) is 9.46. The van der Waals surface area contributed by atoms with Crippen LogP contribution in [-0.4, -0.2) is 26.1 Å². The van der Waals surface area contributed by atoms with Gasteiger partial charge in [-0.25, -0.2) is 13.1 Å². The predicted molar refractivity (Wildman–Crippen MR) is 129 cm³/mol. The lowest BCUT2D eigenvalue weighted by atomic mass is 10.2. The molecule has 6 nitrogen and oxygen atoms in total. The first kappa shape index (κ1) is 22.5. The first-order valence-corrected chi connectivity index (χ1v) is 12.6. The van der Waals surface area contributed by atoms with Crippen molar-refractivity contribution in [2.24, 2.45) is 0 Å². The number of sulfonamides is 1. The summed E-state index contributed by atoms with van der Waals surface area (Å²) in [5.41, 5.74) is 2.65. The second-order valence-corrected chi connectivity index (χ2v) is 10.4. The molecule has 0 radical (unpaired) electrons. The van der Waals surface area contributed by atoms with E-state index in [0.717, 1.165) is 22.5 Å². The minimum Gasteiger partial charge on any atom is -0.492 e. The van der Waals surface area contributed by atoms with E-state index in [9.17, 15) is 13.2 Å². The molecule has 3 aromatic carbocycles. The van der Waals surface area contributed by atoms with Gasteiger partial charge in [0.25, 0.3) is 0 Å². The maximum Gasteiger partial charge on any atom is 0.308 e. The Balaban J connectivity index is 1.45. The molecule has 4 aromatic rings. The van der Waals surface area contributed by atoms with Gasteiger partial charge in [0.05, 0.1) is 21.7 Å². The van der Waals surface area contributed by atoms with Gasteiger partial charge in [-0.2, -0.15) is 0 Å². The third kappa shape index (κ3) is 5.05. The van der Waals surface area contributed by atoms with Crippen molar-refractivity contribution in [3.63, 3.8) is 0 Å². The van der Waals surface area contributed by atoms with Gasteiger partial charge in [-0.05, 0) is 48.4 Å². The molecule has 0 saturated heterocycles. The fourth-order valence-corrected chi connectivity index (χ4v) is 5.44. The van der Waals surface area contributed by atoms with Crippen molar-refractivity contribution in [2.75, 3.05) is 13.2 Å². The van der Waals surface area contributed by atoms with Crippen LogP contribution in [0.25, 0.3) is 10.2 Å². The zero-order chi connectivity index (χ0) is 22.7. The Labute approximate surface area is 195 Å². The maximum atomic E-state index is 12.7. The number of aryl methyl sites for hydroxylation is 1. The Morgan fingerprint density at radius 3 is 2.59 bits per heavy atom. The van der Waals surface area contributed by atoms with Gasteiger partial charge in [-0.1, -0.05) is 59.3 Å². The number of halogens is 1. The molecule has 0 bridgehead atoms. The molecule has 0 fully saturated rings. The van der Waals surface area contributed by atoms with Crippen LogP contribution in [0.2, 0.25) is 5.02 Å². The highest BCUT2D eigenvalue weighted by molar-refractivity contribution is 7.89. The average Bonchev–Trinajstić information content (AvgIpc) is 3.09. The van der Waals surface area contributed by atoms with Gasteiger partial charge >= 0.3 is 4.87 Å². The number of hydrogen-bond acceptors (Lipinski definition) is 5. The molecule has 0 spiro atoms. The van der Waals surface area contributed by atoms with E-state index in [2.05, 4.69) is 4.72 Å². The summed E-state index contributed by atoms with van der Waals surface area (Å²) in [6.07, 6.45) is 0. The lowest BCUT2D eigenvalue weighted by Gasteiger charge is -2.10. The first-order chi connectivity index (χ1) is 15.3. The summed E-state index contributed by atoms with van der Waals surface area (Å²) in [5, 5.41) is 0.592. The van der Waals surface area contributed by atoms with Gasteiger partial charge in [0.2, 0.25) is 10.0 Å². The highest BCUT2D eigenvalue weighted by atomic mass is 35.5. The Morgan fingerprint density at radius 2 is 1.84 bits per heavy atom. The third-order valence-corrected chi connectivity index (χ3v) is 7.75. The average molecular weight is 489 g/mol. The van der Waals surface area contributed by atoms with Gasteiger partial charge < -0.3 is 4.74 Å². The molecular weight excluding hydrogens is 468 g/mol. The molecule has 0 aliphatic rings. The van der Waals surface area contributed by atoms with E-state index in [0.29, 0.717) is 27.5 Å². The van der Waals surface area contributed by atoms with E-state index in [4.69, 9.17) is 16.3 Å². The van der Waals surface area contributed by atoms with Crippen molar-refractivity contribution in [3.8, 4) is 5.75 Å². The molecule has 1 aromatic heterocycles. The standard InChI is InChI=1S/C23H21ClN2O4S2/c1-16-7-8-18(13-20(16)24)30-12-11-25-32(28,29)19-9-10-21-22(14-19)31-23(27)26(21)15-17-5-3-2-4-6-17/h2-10,13-14,25H,11-12,15H2,1H3. The number of rotatable bonds is 8. The zero-order valence-corrected chi connectivity index (χ0v) is 19.6. The minimum absolute atomic E-state index is 0.0944. The molecule has 0 saturated carbocycles. The molecule has 1 heterocycles. The van der Waals surface area contributed by atoms with Crippen LogP contribution in [0.1, 0.15) is 11.1 Å². The van der Waals surface area contributed by atoms with E-state index in [1.807, 2.05) is 43.3 Å². The number of nitrogens with one attached hydrogen (secondary N) is 1. The highest BCUT2D eigenvalue weighted by Crippen LogP contribution is 2.23. The number of benzene rings is 3. The molecule has 0 atom stereocenters. The van der Waals surface area contributed by atoms with Crippen LogP contribution in [0, 0.1) is 6.92 Å². The van der Waals surface area contributed by atoms with Crippen LogP contribution in [0.5, 0.6) is 5.75 Å². The number of hydrogen-bond donors (Lipinski definition) is 1. The molecule has 4 rings (SSSR count). The molecule has 9 heteroatoms. The van der Waals surface area contributed by atoms with E-state index in [-0.39, 0.29) is 22.9 Å². The lowest BCUT2D eigenvalue weighted by molar-refractivity contribution is 0.323.